The summed E-state index contributed by atoms with van der Waals surface area (Å²) >= 11 is 0. The van der Waals surface area contributed by atoms with Crippen molar-refractivity contribution in [1.29, 1.82) is 0 Å². The van der Waals surface area contributed by atoms with Gasteiger partial charge in [-0.3, -0.25) is 4.99 Å². The van der Waals surface area contributed by atoms with Crippen molar-refractivity contribution in [2.75, 3.05) is 47.3 Å². The van der Waals surface area contributed by atoms with Crippen molar-refractivity contribution in [2.45, 2.75) is 45.4 Å². The fraction of sp³-hybridized carbons (Fsp3) is 0.944. The van der Waals surface area contributed by atoms with Crippen LogP contribution in [0.2, 0.25) is 0 Å². The van der Waals surface area contributed by atoms with Crippen LogP contribution in [-0.2, 0) is 0 Å². The predicted molar refractivity (Wildman–Crippen MR) is 111 cm³/mol. The SMILES string of the molecule is CN=C(NCC1CCCN(C)C1)N(C)CC1CCC(C)CC1.I. The number of rotatable bonds is 4. The summed E-state index contributed by atoms with van der Waals surface area (Å²) in [6, 6.07) is 0. The van der Waals surface area contributed by atoms with Crippen LogP contribution >= 0.6 is 24.0 Å². The van der Waals surface area contributed by atoms with Gasteiger partial charge in [0.25, 0.3) is 0 Å². The van der Waals surface area contributed by atoms with Crippen LogP contribution in [-0.4, -0.2) is 63.1 Å². The average molecular weight is 436 g/mol. The molecule has 0 radical (unpaired) electrons. The van der Waals surface area contributed by atoms with Gasteiger partial charge in [0.15, 0.2) is 5.96 Å². The zero-order valence-corrected chi connectivity index (χ0v) is 17.9. The molecule has 1 saturated carbocycles. The van der Waals surface area contributed by atoms with Gasteiger partial charge in [-0.25, -0.2) is 0 Å². The minimum atomic E-state index is 0. The van der Waals surface area contributed by atoms with Crippen LogP contribution in [0.3, 0.4) is 0 Å². The first-order valence-corrected chi connectivity index (χ1v) is 9.18. The quantitative estimate of drug-likeness (QED) is 0.417. The Labute approximate surface area is 160 Å². The number of guanidine groups is 1. The second-order valence-electron chi connectivity index (χ2n) is 7.71. The molecule has 2 rings (SSSR count). The second kappa shape index (κ2) is 10.7. The first-order valence-electron chi connectivity index (χ1n) is 9.18. The maximum atomic E-state index is 4.49. The van der Waals surface area contributed by atoms with E-state index in [1.807, 2.05) is 7.05 Å². The van der Waals surface area contributed by atoms with Gasteiger partial charge < -0.3 is 15.1 Å². The molecule has 1 saturated heterocycles. The van der Waals surface area contributed by atoms with E-state index in [0.29, 0.717) is 0 Å². The molecule has 1 aliphatic carbocycles. The summed E-state index contributed by atoms with van der Waals surface area (Å²) in [5, 5.41) is 3.61. The number of hydrogen-bond acceptors (Lipinski definition) is 2. The lowest BCUT2D eigenvalue weighted by molar-refractivity contribution is 0.208. The Morgan fingerprint density at radius 1 is 1.17 bits per heavy atom. The summed E-state index contributed by atoms with van der Waals surface area (Å²) in [6.07, 6.45) is 8.25. The van der Waals surface area contributed by atoms with E-state index in [4.69, 9.17) is 0 Å². The van der Waals surface area contributed by atoms with Crippen LogP contribution in [0.4, 0.5) is 0 Å². The zero-order valence-electron chi connectivity index (χ0n) is 15.6. The maximum Gasteiger partial charge on any atom is 0.193 e. The lowest BCUT2D eigenvalue weighted by Gasteiger charge is -2.33. The van der Waals surface area contributed by atoms with Crippen LogP contribution in [0.1, 0.15) is 45.4 Å². The zero-order chi connectivity index (χ0) is 15.9. The molecule has 0 aromatic heterocycles. The summed E-state index contributed by atoms with van der Waals surface area (Å²) in [5.74, 6) is 3.62. The summed E-state index contributed by atoms with van der Waals surface area (Å²) in [4.78, 5) is 9.28. The molecule has 1 unspecified atom stereocenters. The number of piperidine rings is 1. The minimum Gasteiger partial charge on any atom is -0.356 e. The van der Waals surface area contributed by atoms with E-state index in [2.05, 4.69) is 41.1 Å². The standard InChI is InChI=1S/C18H36N4.HI/c1-15-7-9-16(10-8-15)14-22(4)18(19-2)20-12-17-6-5-11-21(3)13-17;/h15-17H,5-14H2,1-4H3,(H,19,20);1H. The highest BCUT2D eigenvalue weighted by Crippen LogP contribution is 2.28. The second-order valence-corrected chi connectivity index (χ2v) is 7.71. The van der Waals surface area contributed by atoms with Gasteiger partial charge in [0, 0.05) is 33.7 Å². The Balaban J connectivity index is 0.00000264. The summed E-state index contributed by atoms with van der Waals surface area (Å²) in [6.45, 7) is 7.07. The number of nitrogens with one attached hydrogen (secondary N) is 1. The maximum absolute atomic E-state index is 4.49. The van der Waals surface area contributed by atoms with Crippen molar-refractivity contribution in [3.8, 4) is 0 Å². The topological polar surface area (TPSA) is 30.9 Å². The Morgan fingerprint density at radius 3 is 2.48 bits per heavy atom. The highest BCUT2D eigenvalue weighted by Gasteiger charge is 2.21. The Morgan fingerprint density at radius 2 is 1.87 bits per heavy atom. The van der Waals surface area contributed by atoms with Crippen LogP contribution in [0.25, 0.3) is 0 Å². The minimum absolute atomic E-state index is 0. The first kappa shape index (κ1) is 21.0. The summed E-state index contributed by atoms with van der Waals surface area (Å²) in [7, 11) is 6.34. The van der Waals surface area contributed by atoms with Crippen molar-refractivity contribution < 1.29 is 0 Å². The van der Waals surface area contributed by atoms with Crippen LogP contribution in [0.15, 0.2) is 4.99 Å². The van der Waals surface area contributed by atoms with E-state index in [0.717, 1.165) is 36.8 Å². The number of aliphatic imine (C=N–C) groups is 1. The molecule has 1 heterocycles. The van der Waals surface area contributed by atoms with E-state index >= 15 is 0 Å². The van der Waals surface area contributed by atoms with Gasteiger partial charge in [-0.15, -0.1) is 24.0 Å². The molecule has 0 bridgehead atoms. The number of halogens is 1. The van der Waals surface area contributed by atoms with Gasteiger partial charge in [-0.1, -0.05) is 19.8 Å². The van der Waals surface area contributed by atoms with Crippen molar-refractivity contribution >= 4 is 29.9 Å². The molecule has 1 N–H and O–H groups in total. The fourth-order valence-electron chi connectivity index (χ4n) is 4.05. The van der Waals surface area contributed by atoms with Gasteiger partial charge >= 0.3 is 0 Å². The van der Waals surface area contributed by atoms with E-state index in [9.17, 15) is 0 Å². The van der Waals surface area contributed by atoms with E-state index in [-0.39, 0.29) is 24.0 Å². The van der Waals surface area contributed by atoms with E-state index in [1.165, 1.54) is 51.6 Å². The van der Waals surface area contributed by atoms with Crippen molar-refractivity contribution in [1.82, 2.24) is 15.1 Å². The highest BCUT2D eigenvalue weighted by atomic mass is 127. The van der Waals surface area contributed by atoms with Crippen LogP contribution in [0, 0.1) is 17.8 Å². The molecular weight excluding hydrogens is 399 g/mol. The monoisotopic (exact) mass is 436 g/mol. The molecule has 0 aromatic carbocycles. The largest absolute Gasteiger partial charge is 0.356 e. The molecule has 23 heavy (non-hydrogen) atoms. The van der Waals surface area contributed by atoms with Gasteiger partial charge in [0.1, 0.15) is 0 Å². The molecule has 4 nitrogen and oxygen atoms in total. The molecule has 0 aromatic rings. The summed E-state index contributed by atoms with van der Waals surface area (Å²) < 4.78 is 0. The Hall–Kier alpha value is -0.0400. The Bertz CT molecular complexity index is 353. The molecule has 1 atom stereocenters. The average Bonchev–Trinajstić information content (AvgIpc) is 2.50. The smallest absolute Gasteiger partial charge is 0.193 e. The molecule has 0 amide bonds. The lowest BCUT2D eigenvalue weighted by atomic mass is 9.83. The molecule has 0 spiro atoms. The Kier molecular flexibility index (Phi) is 9.82. The van der Waals surface area contributed by atoms with Gasteiger partial charge in [-0.2, -0.15) is 0 Å². The predicted octanol–water partition coefficient (Wildman–Crippen LogP) is 3.28. The molecule has 136 valence electrons. The van der Waals surface area contributed by atoms with E-state index in [1.54, 1.807) is 0 Å². The molecule has 2 aliphatic rings. The number of nitrogens with zero attached hydrogens (tertiary/aromatic N) is 3. The molecular formula is C18H37IN4. The first-order chi connectivity index (χ1) is 10.6. The molecule has 1 aliphatic heterocycles. The van der Waals surface area contributed by atoms with Gasteiger partial charge in [0.05, 0.1) is 0 Å². The highest BCUT2D eigenvalue weighted by molar-refractivity contribution is 14.0. The lowest BCUT2D eigenvalue weighted by Crippen LogP contribution is -2.45. The van der Waals surface area contributed by atoms with Gasteiger partial charge in [0.2, 0.25) is 0 Å². The van der Waals surface area contributed by atoms with Gasteiger partial charge in [-0.05, 0) is 57.0 Å². The normalized spacial score (nSPS) is 29.7. The number of likely N-dealkylation sites (tertiary alicyclic amines) is 1. The van der Waals surface area contributed by atoms with Crippen molar-refractivity contribution in [3.63, 3.8) is 0 Å². The summed E-state index contributed by atoms with van der Waals surface area (Å²) in [5.41, 5.74) is 0. The third-order valence-electron chi connectivity index (χ3n) is 5.51. The van der Waals surface area contributed by atoms with Crippen molar-refractivity contribution in [2.24, 2.45) is 22.7 Å². The third kappa shape index (κ3) is 7.16. The number of hydrogen-bond donors (Lipinski definition) is 1. The van der Waals surface area contributed by atoms with E-state index < -0.39 is 0 Å². The molecule has 2 fully saturated rings. The van der Waals surface area contributed by atoms with Crippen LogP contribution < -0.4 is 5.32 Å². The third-order valence-corrected chi connectivity index (χ3v) is 5.51. The molecule has 5 heteroatoms. The fourth-order valence-corrected chi connectivity index (χ4v) is 4.05. The van der Waals surface area contributed by atoms with Crippen LogP contribution in [0.5, 0.6) is 0 Å². The van der Waals surface area contributed by atoms with Crippen molar-refractivity contribution in [3.05, 3.63) is 0 Å².